The number of aliphatic hydroxyl groups excluding tert-OH is 3. The summed E-state index contributed by atoms with van der Waals surface area (Å²) in [5, 5.41) is 52.7. The molecule has 0 spiro atoms. The fourth-order valence-electron chi connectivity index (χ4n) is 5.89. The molecular weight excluding hydrogens is 648 g/mol. The first-order chi connectivity index (χ1) is 24.4. The van der Waals surface area contributed by atoms with Crippen molar-refractivity contribution < 1.29 is 43.8 Å². The summed E-state index contributed by atoms with van der Waals surface area (Å²) in [4.78, 5) is 15.0. The van der Waals surface area contributed by atoms with Crippen molar-refractivity contribution in [2.75, 3.05) is 64.7 Å². The summed E-state index contributed by atoms with van der Waals surface area (Å²) in [7, 11) is 1.34. The zero-order valence-corrected chi connectivity index (χ0v) is 28.2. The van der Waals surface area contributed by atoms with Gasteiger partial charge >= 0.3 is 0 Å². The van der Waals surface area contributed by atoms with Crippen LogP contribution in [-0.2, 0) is 41.6 Å². The minimum atomic E-state index is -1.41. The van der Waals surface area contributed by atoms with Crippen LogP contribution in [0.2, 0.25) is 0 Å². The average Bonchev–Trinajstić information content (AvgIpc) is 3.59. The topological polar surface area (TPSA) is 194 Å². The summed E-state index contributed by atoms with van der Waals surface area (Å²) >= 11 is 0. The molecule has 2 saturated heterocycles. The number of rotatable bonds is 17. The molecule has 0 saturated carbocycles. The van der Waals surface area contributed by atoms with E-state index in [1.54, 1.807) is 12.3 Å². The summed E-state index contributed by atoms with van der Waals surface area (Å²) in [5.41, 5.74) is 2.60. The van der Waals surface area contributed by atoms with Gasteiger partial charge in [-0.15, -0.1) is 5.10 Å². The number of carbonyl (C=O) groups excluding carboxylic acids is 1. The van der Waals surface area contributed by atoms with Gasteiger partial charge in [-0.1, -0.05) is 23.4 Å². The lowest BCUT2D eigenvalue weighted by atomic mass is 9.99. The maximum Gasteiger partial charge on any atom is 0.262 e. The highest BCUT2D eigenvalue weighted by molar-refractivity contribution is 6.02. The van der Waals surface area contributed by atoms with Crippen LogP contribution in [0.25, 0.3) is 16.8 Å². The number of fused-ring (bicyclic) bond motifs is 1. The number of nitrogens with one attached hydrogen (secondary N) is 1. The van der Waals surface area contributed by atoms with E-state index < -0.39 is 36.6 Å². The van der Waals surface area contributed by atoms with Crippen LogP contribution in [0.1, 0.15) is 30.5 Å². The van der Waals surface area contributed by atoms with Crippen molar-refractivity contribution in [2.24, 2.45) is 0 Å². The van der Waals surface area contributed by atoms with E-state index in [2.05, 4.69) is 38.7 Å². The van der Waals surface area contributed by atoms with Gasteiger partial charge in [-0.3, -0.25) is 4.79 Å². The SMILES string of the molecule is CO[C@H]1O[C@H](Cn2cc(COCCOCCOCCNC(=O)C(C#N)=Cc3ccc4cc(N5CCCCC5)ccc4c3)nn2)[C@@H](O)[C@H](O)[C@H]1O. The Morgan fingerprint density at radius 2 is 1.70 bits per heavy atom. The number of nitriles is 1. The second-order valence-corrected chi connectivity index (χ2v) is 12.2. The molecule has 2 aliphatic heterocycles. The van der Waals surface area contributed by atoms with E-state index in [1.807, 2.05) is 24.3 Å². The third-order valence-electron chi connectivity index (χ3n) is 8.63. The van der Waals surface area contributed by atoms with Crippen molar-refractivity contribution in [1.82, 2.24) is 20.3 Å². The van der Waals surface area contributed by atoms with E-state index in [1.165, 1.54) is 36.7 Å². The van der Waals surface area contributed by atoms with Crippen molar-refractivity contribution in [1.29, 1.82) is 5.26 Å². The van der Waals surface area contributed by atoms with E-state index >= 15 is 0 Å². The van der Waals surface area contributed by atoms with Crippen molar-refractivity contribution in [3.05, 3.63) is 59.4 Å². The lowest BCUT2D eigenvalue weighted by Crippen LogP contribution is -2.58. The van der Waals surface area contributed by atoms with Crippen LogP contribution in [-0.4, -0.2) is 127 Å². The lowest BCUT2D eigenvalue weighted by Gasteiger charge is -2.39. The zero-order valence-electron chi connectivity index (χ0n) is 28.2. The molecule has 1 amide bonds. The molecule has 3 heterocycles. The molecule has 3 aromatic rings. The van der Waals surface area contributed by atoms with Gasteiger partial charge in [0, 0.05) is 32.4 Å². The van der Waals surface area contributed by atoms with Gasteiger partial charge in [-0.2, -0.15) is 5.26 Å². The van der Waals surface area contributed by atoms with Crippen LogP contribution < -0.4 is 10.2 Å². The molecule has 50 heavy (non-hydrogen) atoms. The van der Waals surface area contributed by atoms with Gasteiger partial charge in [0.15, 0.2) is 6.29 Å². The number of hydrogen-bond donors (Lipinski definition) is 4. The van der Waals surface area contributed by atoms with Gasteiger partial charge in [0.1, 0.15) is 41.8 Å². The highest BCUT2D eigenvalue weighted by Gasteiger charge is 2.44. The Balaban J connectivity index is 0.920. The first kappa shape index (κ1) is 37.3. The molecule has 5 atom stereocenters. The first-order valence-corrected chi connectivity index (χ1v) is 16.9. The number of ether oxygens (including phenoxy) is 5. The Morgan fingerprint density at radius 3 is 2.46 bits per heavy atom. The predicted molar refractivity (Wildman–Crippen MR) is 182 cm³/mol. The second kappa shape index (κ2) is 18.9. The van der Waals surface area contributed by atoms with E-state index in [0.29, 0.717) is 32.1 Å². The van der Waals surface area contributed by atoms with Crippen LogP contribution in [0.4, 0.5) is 5.69 Å². The summed E-state index contributed by atoms with van der Waals surface area (Å²) in [6, 6.07) is 14.4. The second-order valence-electron chi connectivity index (χ2n) is 12.2. The molecule has 1 aromatic heterocycles. The van der Waals surface area contributed by atoms with Gasteiger partial charge in [-0.05, 0) is 59.9 Å². The number of anilines is 1. The van der Waals surface area contributed by atoms with Crippen LogP contribution in [0.5, 0.6) is 0 Å². The third-order valence-corrected chi connectivity index (χ3v) is 8.63. The molecule has 5 rings (SSSR count). The molecule has 0 unspecified atom stereocenters. The number of piperidine rings is 1. The average molecular weight is 695 g/mol. The van der Waals surface area contributed by atoms with Crippen molar-refractivity contribution in [2.45, 2.75) is 63.1 Å². The van der Waals surface area contributed by atoms with Gasteiger partial charge in [0.05, 0.1) is 52.4 Å². The number of methoxy groups -OCH3 is 1. The number of nitrogens with zero attached hydrogens (tertiary/aromatic N) is 5. The first-order valence-electron chi connectivity index (χ1n) is 16.9. The molecule has 2 aliphatic rings. The van der Waals surface area contributed by atoms with Gasteiger partial charge in [-0.25, -0.2) is 4.68 Å². The maximum atomic E-state index is 12.6. The molecule has 0 radical (unpaired) electrons. The Bertz CT molecular complexity index is 1600. The molecule has 2 aromatic carbocycles. The monoisotopic (exact) mass is 694 g/mol. The Labute approximate surface area is 290 Å². The van der Waals surface area contributed by atoms with Crippen LogP contribution in [0.3, 0.4) is 0 Å². The van der Waals surface area contributed by atoms with Gasteiger partial charge < -0.3 is 49.2 Å². The Hall–Kier alpha value is -3.98. The fraction of sp³-hybridized carbons (Fsp3) is 0.543. The smallest absolute Gasteiger partial charge is 0.262 e. The van der Waals surface area contributed by atoms with Crippen LogP contribution in [0, 0.1) is 11.3 Å². The van der Waals surface area contributed by atoms with Crippen molar-refractivity contribution in [3.8, 4) is 6.07 Å². The van der Waals surface area contributed by atoms with Crippen LogP contribution in [0.15, 0.2) is 48.2 Å². The third kappa shape index (κ3) is 10.3. The summed E-state index contributed by atoms with van der Waals surface area (Å²) < 4.78 is 28.6. The minimum Gasteiger partial charge on any atom is -0.388 e. The molecule has 15 heteroatoms. The highest BCUT2D eigenvalue weighted by atomic mass is 16.7. The lowest BCUT2D eigenvalue weighted by molar-refractivity contribution is -0.292. The van der Waals surface area contributed by atoms with E-state index in [0.717, 1.165) is 29.4 Å². The number of benzene rings is 2. The van der Waals surface area contributed by atoms with E-state index in [9.17, 15) is 25.4 Å². The molecule has 2 fully saturated rings. The summed E-state index contributed by atoms with van der Waals surface area (Å²) in [6.07, 6.45) is 0.944. The van der Waals surface area contributed by atoms with E-state index in [4.69, 9.17) is 23.7 Å². The Morgan fingerprint density at radius 1 is 0.980 bits per heavy atom. The molecule has 0 aliphatic carbocycles. The number of hydrogen-bond acceptors (Lipinski definition) is 13. The van der Waals surface area contributed by atoms with Crippen LogP contribution >= 0.6 is 0 Å². The number of aromatic nitrogens is 3. The van der Waals surface area contributed by atoms with Gasteiger partial charge in [0.2, 0.25) is 0 Å². The van der Waals surface area contributed by atoms with Crippen molar-refractivity contribution >= 4 is 28.4 Å². The molecule has 15 nitrogen and oxygen atoms in total. The summed E-state index contributed by atoms with van der Waals surface area (Å²) in [5.74, 6) is -0.455. The van der Waals surface area contributed by atoms with E-state index in [-0.39, 0.29) is 31.9 Å². The Kier molecular flexibility index (Phi) is 14.1. The molecule has 4 N–H and O–H groups in total. The quantitative estimate of drug-likeness (QED) is 0.0894. The normalized spacial score (nSPS) is 22.8. The molecule has 270 valence electrons. The maximum absolute atomic E-state index is 12.6. The zero-order chi connectivity index (χ0) is 35.3. The minimum absolute atomic E-state index is 0.0259. The predicted octanol–water partition coefficient (Wildman–Crippen LogP) is 1.15. The molecular formula is C35H46N6O9. The fourth-order valence-corrected chi connectivity index (χ4v) is 5.89. The largest absolute Gasteiger partial charge is 0.388 e. The molecule has 0 bridgehead atoms. The highest BCUT2D eigenvalue weighted by Crippen LogP contribution is 2.26. The standard InChI is InChI=1S/C35H46N6O9/c1-46-35-33(44)32(43)31(42)30(50-35)22-41-21-28(38-39-41)23-49-16-15-48-14-13-47-12-9-37-34(45)27(20-36)18-24-5-6-26-19-29(8-7-25(26)17-24)40-10-3-2-4-11-40/h5-8,17-19,21,30-33,35,42-44H,2-4,9-16,22-23H2,1H3,(H,37,45)/t30-,31-,32+,33-,35+/m1/s1. The number of amides is 1. The number of aliphatic hydroxyl groups is 3. The summed E-state index contributed by atoms with van der Waals surface area (Å²) in [6.45, 7) is 4.28. The number of carbonyl (C=O) groups is 1. The van der Waals surface area contributed by atoms with Crippen molar-refractivity contribution in [3.63, 3.8) is 0 Å². The van der Waals surface area contributed by atoms with Gasteiger partial charge in [0.25, 0.3) is 5.91 Å².